The van der Waals surface area contributed by atoms with E-state index in [1.807, 2.05) is 0 Å². The Morgan fingerprint density at radius 1 is 0.383 bits per heavy atom. The van der Waals surface area contributed by atoms with E-state index in [1.54, 1.807) is 0 Å². The third-order valence-electron chi connectivity index (χ3n) is 11.7. The van der Waals surface area contributed by atoms with Gasteiger partial charge in [-0.2, -0.15) is 0 Å². The molecule has 5 nitrogen and oxygen atoms in total. The maximum atomic E-state index is 12.8. The maximum absolute atomic E-state index is 12.8. The van der Waals surface area contributed by atoms with Gasteiger partial charge in [0.1, 0.15) is 6.61 Å². The van der Waals surface area contributed by atoms with Crippen LogP contribution in [-0.4, -0.2) is 37.9 Å². The molecule has 0 aliphatic carbocycles. The van der Waals surface area contributed by atoms with Crippen molar-refractivity contribution in [2.24, 2.45) is 0 Å². The van der Waals surface area contributed by atoms with Gasteiger partial charge in [0.15, 0.2) is 6.10 Å². The Kier molecular flexibility index (Phi) is 49.9. The lowest BCUT2D eigenvalue weighted by atomic mass is 10.0. The highest BCUT2D eigenvalue weighted by atomic mass is 16.6. The second kappa shape index (κ2) is 51.5. The predicted molar refractivity (Wildman–Crippen MR) is 261 cm³/mol. The minimum absolute atomic E-state index is 0.0862. The topological polar surface area (TPSA) is 61.8 Å². The molecule has 0 N–H and O–H groups in total. The number of ether oxygens (including phenoxy) is 3. The van der Waals surface area contributed by atoms with Crippen LogP contribution in [0.25, 0.3) is 0 Å². The van der Waals surface area contributed by atoms with Gasteiger partial charge < -0.3 is 14.2 Å². The zero-order chi connectivity index (χ0) is 43.5. The summed E-state index contributed by atoms with van der Waals surface area (Å²) < 4.78 is 17.4. The molecule has 352 valence electrons. The molecule has 0 aliphatic rings. The first-order valence-corrected chi connectivity index (χ1v) is 26.5. The van der Waals surface area contributed by atoms with Crippen LogP contribution in [0.2, 0.25) is 0 Å². The summed E-state index contributed by atoms with van der Waals surface area (Å²) in [7, 11) is 0. The third kappa shape index (κ3) is 48.8. The van der Waals surface area contributed by atoms with Crippen LogP contribution in [0.1, 0.15) is 278 Å². The van der Waals surface area contributed by atoms with Crippen molar-refractivity contribution >= 4 is 11.9 Å². The zero-order valence-corrected chi connectivity index (χ0v) is 40.5. The third-order valence-corrected chi connectivity index (χ3v) is 11.7. The van der Waals surface area contributed by atoms with Crippen molar-refractivity contribution in [2.45, 2.75) is 284 Å². The van der Waals surface area contributed by atoms with Gasteiger partial charge in [-0.25, -0.2) is 0 Å². The Labute approximate surface area is 374 Å². The standard InChI is InChI=1S/C55H102O5/c1-4-7-10-13-16-19-22-25-27-28-30-31-33-36-39-42-45-48-54(56)59-52-53(51-58-50-47-44-41-38-35-24-21-18-15-12-9-6-3)60-55(57)49-46-43-40-37-34-32-29-26-23-20-17-14-11-8-5-2/h7,10,16,19,25,27,53H,4-6,8-9,11-15,17-18,20-24,26,28-52H2,1-3H3/b10-7-,19-16-,27-25-. The van der Waals surface area contributed by atoms with Crippen LogP contribution in [-0.2, 0) is 23.8 Å². The number of unbranched alkanes of at least 4 members (excludes halogenated alkanes) is 32. The van der Waals surface area contributed by atoms with Crippen LogP contribution >= 0.6 is 0 Å². The summed E-state index contributed by atoms with van der Waals surface area (Å²) in [6.45, 7) is 7.76. The molecule has 0 amide bonds. The summed E-state index contributed by atoms with van der Waals surface area (Å²) in [6, 6.07) is 0. The van der Waals surface area contributed by atoms with Crippen LogP contribution in [0.15, 0.2) is 36.5 Å². The fraction of sp³-hybridized carbons (Fsp3) is 0.855. The van der Waals surface area contributed by atoms with Gasteiger partial charge in [0, 0.05) is 19.4 Å². The average molecular weight is 843 g/mol. The Hall–Kier alpha value is -1.88. The lowest BCUT2D eigenvalue weighted by Gasteiger charge is -2.18. The average Bonchev–Trinajstić information content (AvgIpc) is 3.25. The molecule has 0 heterocycles. The van der Waals surface area contributed by atoms with E-state index in [9.17, 15) is 9.59 Å². The molecule has 0 aliphatic heterocycles. The molecule has 0 bridgehead atoms. The van der Waals surface area contributed by atoms with Gasteiger partial charge in [-0.1, -0.05) is 250 Å². The number of hydrogen-bond acceptors (Lipinski definition) is 5. The molecule has 0 saturated heterocycles. The summed E-state index contributed by atoms with van der Waals surface area (Å²) in [6.07, 6.45) is 61.5. The summed E-state index contributed by atoms with van der Waals surface area (Å²) in [5, 5.41) is 0. The molecule has 60 heavy (non-hydrogen) atoms. The summed E-state index contributed by atoms with van der Waals surface area (Å²) in [5.41, 5.74) is 0. The number of carbonyl (C=O) groups excluding carboxylic acids is 2. The minimum atomic E-state index is -0.533. The molecule has 0 radical (unpaired) electrons. The highest BCUT2D eigenvalue weighted by molar-refractivity contribution is 5.70. The lowest BCUT2D eigenvalue weighted by Crippen LogP contribution is -2.30. The number of hydrogen-bond donors (Lipinski definition) is 0. The highest BCUT2D eigenvalue weighted by Gasteiger charge is 2.17. The van der Waals surface area contributed by atoms with E-state index in [-0.39, 0.29) is 18.5 Å². The van der Waals surface area contributed by atoms with Gasteiger partial charge in [0.05, 0.1) is 6.61 Å². The summed E-state index contributed by atoms with van der Waals surface area (Å²) >= 11 is 0. The first kappa shape index (κ1) is 58.1. The number of carbonyl (C=O) groups is 2. The Morgan fingerprint density at radius 2 is 0.750 bits per heavy atom. The Balaban J connectivity index is 4.22. The molecule has 1 atom stereocenters. The van der Waals surface area contributed by atoms with Gasteiger partial charge in [0.2, 0.25) is 0 Å². The largest absolute Gasteiger partial charge is 0.462 e. The van der Waals surface area contributed by atoms with Crippen LogP contribution in [0.5, 0.6) is 0 Å². The molecular weight excluding hydrogens is 741 g/mol. The Morgan fingerprint density at radius 3 is 1.20 bits per heavy atom. The molecule has 0 rings (SSSR count). The normalized spacial score (nSPS) is 12.4. The van der Waals surface area contributed by atoms with Crippen molar-refractivity contribution in [3.63, 3.8) is 0 Å². The van der Waals surface area contributed by atoms with Gasteiger partial charge in [0.25, 0.3) is 0 Å². The quantitative estimate of drug-likeness (QED) is 0.0347. The SMILES string of the molecule is CC/C=C\C/C=C\C/C=C\CCCCCCCCCC(=O)OCC(COCCCCCCCCCCCCCC)OC(=O)CCCCCCCCCCCCCCCCC. The molecule has 0 fully saturated rings. The van der Waals surface area contributed by atoms with E-state index >= 15 is 0 Å². The fourth-order valence-electron chi connectivity index (χ4n) is 7.76. The highest BCUT2D eigenvalue weighted by Crippen LogP contribution is 2.16. The van der Waals surface area contributed by atoms with Crippen LogP contribution < -0.4 is 0 Å². The van der Waals surface area contributed by atoms with Crippen LogP contribution in [0, 0.1) is 0 Å². The summed E-state index contributed by atoms with van der Waals surface area (Å²) in [5.74, 6) is -0.391. The van der Waals surface area contributed by atoms with Crippen molar-refractivity contribution in [2.75, 3.05) is 19.8 Å². The second-order valence-electron chi connectivity index (χ2n) is 17.8. The number of esters is 2. The molecule has 0 spiro atoms. The molecule has 0 aromatic rings. The van der Waals surface area contributed by atoms with Crippen LogP contribution in [0.3, 0.4) is 0 Å². The van der Waals surface area contributed by atoms with Crippen molar-refractivity contribution in [3.8, 4) is 0 Å². The van der Waals surface area contributed by atoms with Crippen LogP contribution in [0.4, 0.5) is 0 Å². The number of rotatable bonds is 49. The molecule has 5 heteroatoms. The molecule has 0 aromatic carbocycles. The van der Waals surface area contributed by atoms with E-state index in [0.717, 1.165) is 64.2 Å². The zero-order valence-electron chi connectivity index (χ0n) is 40.5. The van der Waals surface area contributed by atoms with Crippen molar-refractivity contribution < 1.29 is 23.8 Å². The van der Waals surface area contributed by atoms with Gasteiger partial charge >= 0.3 is 11.9 Å². The van der Waals surface area contributed by atoms with Gasteiger partial charge in [-0.15, -0.1) is 0 Å². The van der Waals surface area contributed by atoms with E-state index in [1.165, 1.54) is 180 Å². The number of allylic oxidation sites excluding steroid dienone is 6. The lowest BCUT2D eigenvalue weighted by molar-refractivity contribution is -0.163. The van der Waals surface area contributed by atoms with E-state index in [2.05, 4.69) is 57.2 Å². The first-order valence-electron chi connectivity index (χ1n) is 26.5. The van der Waals surface area contributed by atoms with E-state index in [4.69, 9.17) is 14.2 Å². The molecule has 0 aromatic heterocycles. The van der Waals surface area contributed by atoms with Crippen molar-refractivity contribution in [3.05, 3.63) is 36.5 Å². The molecule has 0 saturated carbocycles. The Bertz CT molecular complexity index is 955. The first-order chi connectivity index (χ1) is 29.6. The molecule has 1 unspecified atom stereocenters. The van der Waals surface area contributed by atoms with Crippen molar-refractivity contribution in [1.29, 1.82) is 0 Å². The second-order valence-corrected chi connectivity index (χ2v) is 17.8. The predicted octanol–water partition coefficient (Wildman–Crippen LogP) is 17.8. The smallest absolute Gasteiger partial charge is 0.306 e. The van der Waals surface area contributed by atoms with Crippen molar-refractivity contribution in [1.82, 2.24) is 0 Å². The fourth-order valence-corrected chi connectivity index (χ4v) is 7.76. The van der Waals surface area contributed by atoms with E-state index < -0.39 is 6.10 Å². The maximum Gasteiger partial charge on any atom is 0.306 e. The monoisotopic (exact) mass is 843 g/mol. The van der Waals surface area contributed by atoms with Gasteiger partial charge in [-0.05, 0) is 51.4 Å². The molecular formula is C55H102O5. The minimum Gasteiger partial charge on any atom is -0.462 e. The van der Waals surface area contributed by atoms with E-state index in [0.29, 0.717) is 26.1 Å². The summed E-state index contributed by atoms with van der Waals surface area (Å²) in [4.78, 5) is 25.4. The van der Waals surface area contributed by atoms with Gasteiger partial charge in [-0.3, -0.25) is 9.59 Å².